The Kier molecular flexibility index (Phi) is 9.13. The van der Waals surface area contributed by atoms with Gasteiger partial charge in [0.15, 0.2) is 16.6 Å². The number of nitrogens with one attached hydrogen (secondary N) is 1. The number of anilines is 1. The van der Waals surface area contributed by atoms with Crippen LogP contribution in [0.3, 0.4) is 0 Å². The summed E-state index contributed by atoms with van der Waals surface area (Å²) in [6.07, 6.45) is 6.33. The number of benzene rings is 2. The van der Waals surface area contributed by atoms with Crippen LogP contribution in [-0.4, -0.2) is 25.4 Å². The number of halogens is 2. The van der Waals surface area contributed by atoms with E-state index >= 15 is 0 Å². The lowest BCUT2D eigenvalue weighted by molar-refractivity contribution is 0.174. The molecule has 5 nitrogen and oxygen atoms in total. The second-order valence-corrected chi connectivity index (χ2v) is 11.1. The molecule has 1 aliphatic heterocycles. The van der Waals surface area contributed by atoms with Gasteiger partial charge in [-0.1, -0.05) is 55.2 Å². The summed E-state index contributed by atoms with van der Waals surface area (Å²) in [6, 6.07) is 10.1. The lowest BCUT2D eigenvalue weighted by Crippen LogP contribution is -2.01. The molecule has 1 fully saturated rings. The molecule has 0 saturated heterocycles. The highest BCUT2D eigenvalue weighted by Crippen LogP contribution is 2.39. The number of ether oxygens (including phenoxy) is 3. The monoisotopic (exact) mass is 558 g/mol. The zero-order valence-corrected chi connectivity index (χ0v) is 23.7. The number of aryl methyl sites for hydroxylation is 2. The molecule has 3 aromatic rings. The predicted octanol–water partition coefficient (Wildman–Crippen LogP) is 8.02. The molecule has 5 rings (SSSR count). The fourth-order valence-electron chi connectivity index (χ4n) is 4.55. The largest absolute Gasteiger partial charge is 0.496 e. The van der Waals surface area contributed by atoms with E-state index < -0.39 is 0 Å². The van der Waals surface area contributed by atoms with Crippen molar-refractivity contribution in [3.63, 3.8) is 0 Å². The van der Waals surface area contributed by atoms with Crippen molar-refractivity contribution in [2.75, 3.05) is 25.8 Å². The molecular formula is C29H32Cl2N2O3S. The summed E-state index contributed by atoms with van der Waals surface area (Å²) in [5.74, 6) is 10.4. The van der Waals surface area contributed by atoms with E-state index in [0.29, 0.717) is 11.6 Å². The quantitative estimate of drug-likeness (QED) is 0.269. The summed E-state index contributed by atoms with van der Waals surface area (Å²) in [5.41, 5.74) is 4.03. The maximum absolute atomic E-state index is 6.54. The average molecular weight is 560 g/mol. The zero-order valence-electron chi connectivity index (χ0n) is 21.4. The smallest absolute Gasteiger partial charge is 0.231 e. The number of rotatable bonds is 9. The summed E-state index contributed by atoms with van der Waals surface area (Å²) in [4.78, 5) is 5.92. The van der Waals surface area contributed by atoms with Gasteiger partial charge in [0.05, 0.1) is 24.4 Å². The Balaban J connectivity index is 0.00000320. The Labute approximate surface area is 234 Å². The SMILES string of the molecule is COc1cc(Cl)c(-c2nc(NCC#C[C@@H](CCCC3CC3)c3ccc4c(c3)OCO4)sc2C)cc1C.Cl. The highest BCUT2D eigenvalue weighted by Gasteiger charge is 2.22. The second kappa shape index (κ2) is 12.3. The van der Waals surface area contributed by atoms with Gasteiger partial charge >= 0.3 is 0 Å². The average Bonchev–Trinajstić information content (AvgIpc) is 3.45. The summed E-state index contributed by atoms with van der Waals surface area (Å²) >= 11 is 8.16. The van der Waals surface area contributed by atoms with Crippen LogP contribution in [0, 0.1) is 31.6 Å². The van der Waals surface area contributed by atoms with Crippen LogP contribution in [0.15, 0.2) is 30.3 Å². The molecule has 2 heterocycles. The van der Waals surface area contributed by atoms with E-state index in [9.17, 15) is 0 Å². The first-order valence-electron chi connectivity index (χ1n) is 12.5. The number of nitrogens with zero attached hydrogens (tertiary/aromatic N) is 1. The van der Waals surface area contributed by atoms with E-state index in [0.717, 1.165) is 56.4 Å². The molecule has 0 bridgehead atoms. The number of hydrogen-bond donors (Lipinski definition) is 1. The van der Waals surface area contributed by atoms with Crippen LogP contribution in [-0.2, 0) is 0 Å². The molecule has 37 heavy (non-hydrogen) atoms. The van der Waals surface area contributed by atoms with Crippen molar-refractivity contribution in [2.24, 2.45) is 5.92 Å². The molecule has 1 saturated carbocycles. The van der Waals surface area contributed by atoms with Crippen molar-refractivity contribution in [3.05, 3.63) is 51.4 Å². The summed E-state index contributed by atoms with van der Waals surface area (Å²) in [6.45, 7) is 4.90. The first-order chi connectivity index (χ1) is 17.5. The first kappa shape index (κ1) is 27.4. The Morgan fingerprint density at radius 1 is 1.19 bits per heavy atom. The topological polar surface area (TPSA) is 52.6 Å². The van der Waals surface area contributed by atoms with Gasteiger partial charge in [0.25, 0.3) is 0 Å². The molecule has 0 spiro atoms. The number of aromatic nitrogens is 1. The van der Waals surface area contributed by atoms with E-state index in [2.05, 4.69) is 36.2 Å². The molecule has 0 amide bonds. The molecule has 1 aliphatic carbocycles. The number of fused-ring (bicyclic) bond motifs is 1. The van der Waals surface area contributed by atoms with Gasteiger partial charge in [-0.15, -0.1) is 23.7 Å². The summed E-state index contributed by atoms with van der Waals surface area (Å²) in [5, 5.41) is 4.86. The third-order valence-corrected chi connectivity index (χ3v) is 7.98. The van der Waals surface area contributed by atoms with Crippen LogP contribution in [0.4, 0.5) is 5.13 Å². The summed E-state index contributed by atoms with van der Waals surface area (Å²) < 4.78 is 16.5. The van der Waals surface area contributed by atoms with Gasteiger partial charge < -0.3 is 19.5 Å². The molecule has 1 N–H and O–H groups in total. The van der Waals surface area contributed by atoms with Crippen LogP contribution in [0.1, 0.15) is 54.0 Å². The first-order valence-corrected chi connectivity index (χ1v) is 13.6. The van der Waals surface area contributed by atoms with Crippen LogP contribution < -0.4 is 19.5 Å². The molecule has 0 radical (unpaired) electrons. The van der Waals surface area contributed by atoms with Crippen LogP contribution in [0.5, 0.6) is 17.2 Å². The number of methoxy groups -OCH3 is 1. The Hall–Kier alpha value is -2.59. The molecular weight excluding hydrogens is 527 g/mol. The maximum Gasteiger partial charge on any atom is 0.231 e. The Morgan fingerprint density at radius 2 is 2.00 bits per heavy atom. The highest BCUT2D eigenvalue weighted by atomic mass is 35.5. The number of hydrogen-bond acceptors (Lipinski definition) is 6. The fourth-order valence-corrected chi connectivity index (χ4v) is 5.62. The minimum atomic E-state index is 0. The third-order valence-electron chi connectivity index (χ3n) is 6.74. The van der Waals surface area contributed by atoms with Crippen molar-refractivity contribution < 1.29 is 14.2 Å². The minimum Gasteiger partial charge on any atom is -0.496 e. The minimum absolute atomic E-state index is 0. The maximum atomic E-state index is 6.54. The fraction of sp³-hybridized carbons (Fsp3) is 0.414. The van der Waals surface area contributed by atoms with Crippen molar-refractivity contribution in [1.29, 1.82) is 0 Å². The van der Waals surface area contributed by atoms with Gasteiger partial charge in [0.1, 0.15) is 5.75 Å². The molecule has 1 atom stereocenters. The third kappa shape index (κ3) is 6.65. The zero-order chi connectivity index (χ0) is 25.1. The van der Waals surface area contributed by atoms with Gasteiger partial charge in [0, 0.05) is 16.4 Å². The van der Waals surface area contributed by atoms with Gasteiger partial charge in [-0.25, -0.2) is 4.98 Å². The van der Waals surface area contributed by atoms with Crippen molar-refractivity contribution in [1.82, 2.24) is 4.98 Å². The molecule has 8 heteroatoms. The van der Waals surface area contributed by atoms with Gasteiger partial charge in [-0.2, -0.15) is 0 Å². The van der Waals surface area contributed by atoms with Crippen LogP contribution in [0.25, 0.3) is 11.3 Å². The lowest BCUT2D eigenvalue weighted by Gasteiger charge is -2.12. The predicted molar refractivity (Wildman–Crippen MR) is 154 cm³/mol. The Morgan fingerprint density at radius 3 is 2.78 bits per heavy atom. The molecule has 0 unspecified atom stereocenters. The van der Waals surface area contributed by atoms with E-state index in [1.54, 1.807) is 18.4 Å². The van der Waals surface area contributed by atoms with Crippen molar-refractivity contribution in [2.45, 2.75) is 51.9 Å². The molecule has 2 aromatic carbocycles. The van der Waals surface area contributed by atoms with E-state index in [1.165, 1.54) is 31.2 Å². The van der Waals surface area contributed by atoms with E-state index in [4.69, 9.17) is 30.8 Å². The van der Waals surface area contributed by atoms with Gasteiger partial charge in [-0.3, -0.25) is 0 Å². The highest BCUT2D eigenvalue weighted by molar-refractivity contribution is 7.16. The van der Waals surface area contributed by atoms with Gasteiger partial charge in [0.2, 0.25) is 6.79 Å². The standard InChI is InChI=1S/C29H31ClN2O3S.ClH/c1-18-14-23(24(30)16-26(18)33-3)28-19(2)36-29(32-28)31-13-5-8-21(7-4-6-20-9-10-20)22-11-12-25-27(15-22)35-17-34-25;/h11-12,14-16,20-21H,4,6-7,9-10,13,17H2,1-3H3,(H,31,32);1H/t21-;/m1./s1. The van der Waals surface area contributed by atoms with Crippen molar-refractivity contribution >= 4 is 40.5 Å². The molecule has 2 aliphatic rings. The molecule has 196 valence electrons. The van der Waals surface area contributed by atoms with E-state index in [1.807, 2.05) is 25.1 Å². The normalized spacial score (nSPS) is 14.4. The van der Waals surface area contributed by atoms with Crippen molar-refractivity contribution in [3.8, 4) is 40.3 Å². The lowest BCUT2D eigenvalue weighted by atomic mass is 9.93. The molecule has 1 aromatic heterocycles. The van der Waals surface area contributed by atoms with E-state index in [-0.39, 0.29) is 25.1 Å². The van der Waals surface area contributed by atoms with Gasteiger partial charge in [-0.05, 0) is 61.6 Å². The van der Waals surface area contributed by atoms with Crippen LogP contribution >= 0.6 is 35.3 Å². The summed E-state index contributed by atoms with van der Waals surface area (Å²) in [7, 11) is 1.65. The second-order valence-electron chi connectivity index (χ2n) is 9.44. The van der Waals surface area contributed by atoms with Crippen LogP contribution in [0.2, 0.25) is 5.02 Å². The number of thiazole rings is 1. The Bertz CT molecular complexity index is 1310.